The Morgan fingerprint density at radius 1 is 1.21 bits per heavy atom. The highest BCUT2D eigenvalue weighted by atomic mass is 14.7. The summed E-state index contributed by atoms with van der Waals surface area (Å²) in [5.41, 5.74) is 9.15. The summed E-state index contributed by atoms with van der Waals surface area (Å²) in [6.45, 7) is 1.96. The average Bonchev–Trinajstić information content (AvgIpc) is 2.18. The van der Waals surface area contributed by atoms with Crippen molar-refractivity contribution < 1.29 is 0 Å². The van der Waals surface area contributed by atoms with E-state index in [4.69, 9.17) is 5.73 Å². The number of pyridine rings is 2. The van der Waals surface area contributed by atoms with Crippen LogP contribution in [-0.4, -0.2) is 9.97 Å². The van der Waals surface area contributed by atoms with E-state index in [0.717, 1.165) is 17.0 Å². The van der Waals surface area contributed by atoms with Gasteiger partial charge in [-0.3, -0.25) is 9.97 Å². The Kier molecular flexibility index (Phi) is 2.14. The van der Waals surface area contributed by atoms with Gasteiger partial charge in [-0.15, -0.1) is 0 Å². The fourth-order valence-corrected chi connectivity index (χ4v) is 1.30. The van der Waals surface area contributed by atoms with Gasteiger partial charge in [-0.05, 0) is 25.1 Å². The highest BCUT2D eigenvalue weighted by Crippen LogP contribution is 2.17. The fraction of sp³-hybridized carbons (Fsp3) is 0.0909. The lowest BCUT2D eigenvalue weighted by molar-refractivity contribution is 1.20. The van der Waals surface area contributed by atoms with Crippen LogP contribution >= 0.6 is 0 Å². The molecule has 0 aliphatic carbocycles. The molecule has 2 N–H and O–H groups in total. The number of aromatic nitrogens is 2. The van der Waals surface area contributed by atoms with Crippen molar-refractivity contribution in [1.29, 1.82) is 0 Å². The summed E-state index contributed by atoms with van der Waals surface area (Å²) in [5.74, 6) is 0. The lowest BCUT2D eigenvalue weighted by atomic mass is 10.2. The molecule has 0 amide bonds. The maximum Gasteiger partial charge on any atom is 0.0721 e. The van der Waals surface area contributed by atoms with Crippen LogP contribution < -0.4 is 5.73 Å². The first-order valence-electron chi connectivity index (χ1n) is 4.40. The van der Waals surface area contributed by atoms with Gasteiger partial charge in [0.1, 0.15) is 0 Å². The van der Waals surface area contributed by atoms with Gasteiger partial charge in [0.05, 0.1) is 11.4 Å². The molecule has 3 heteroatoms. The number of aryl methyl sites for hydroxylation is 1. The number of nitrogens with two attached hydrogens (primary N) is 1. The van der Waals surface area contributed by atoms with E-state index in [1.165, 1.54) is 0 Å². The van der Waals surface area contributed by atoms with E-state index in [-0.39, 0.29) is 0 Å². The second-order valence-corrected chi connectivity index (χ2v) is 3.17. The molecule has 0 saturated carbocycles. The normalized spacial score (nSPS) is 10.1. The predicted molar refractivity (Wildman–Crippen MR) is 56.6 cm³/mol. The van der Waals surface area contributed by atoms with E-state index in [2.05, 4.69) is 9.97 Å². The van der Waals surface area contributed by atoms with E-state index >= 15 is 0 Å². The van der Waals surface area contributed by atoms with Crippen LogP contribution in [0.1, 0.15) is 5.69 Å². The summed E-state index contributed by atoms with van der Waals surface area (Å²) in [5, 5.41) is 0. The van der Waals surface area contributed by atoms with Gasteiger partial charge in [-0.1, -0.05) is 6.07 Å². The maximum atomic E-state index is 5.64. The van der Waals surface area contributed by atoms with Crippen LogP contribution in [0.25, 0.3) is 11.3 Å². The summed E-state index contributed by atoms with van der Waals surface area (Å²) in [4.78, 5) is 8.41. The van der Waals surface area contributed by atoms with Gasteiger partial charge in [-0.2, -0.15) is 0 Å². The van der Waals surface area contributed by atoms with Gasteiger partial charge < -0.3 is 5.73 Å². The molecular weight excluding hydrogens is 174 g/mol. The van der Waals surface area contributed by atoms with Gasteiger partial charge in [0.15, 0.2) is 0 Å². The largest absolute Gasteiger partial charge is 0.397 e. The van der Waals surface area contributed by atoms with Crippen molar-refractivity contribution in [1.82, 2.24) is 9.97 Å². The number of anilines is 1. The molecule has 2 heterocycles. The van der Waals surface area contributed by atoms with E-state index in [9.17, 15) is 0 Å². The highest BCUT2D eigenvalue weighted by molar-refractivity contribution is 5.62. The average molecular weight is 185 g/mol. The minimum absolute atomic E-state index is 0.658. The standard InChI is InChI=1S/C11H11N3/c1-8-3-2-4-11(14-8)9-5-10(12)7-13-6-9/h2-7H,12H2,1H3. The Hall–Kier alpha value is -1.90. The zero-order valence-electron chi connectivity index (χ0n) is 7.94. The molecule has 0 bridgehead atoms. The van der Waals surface area contributed by atoms with Gasteiger partial charge >= 0.3 is 0 Å². The molecule has 0 spiro atoms. The monoisotopic (exact) mass is 185 g/mol. The Morgan fingerprint density at radius 2 is 2.07 bits per heavy atom. The SMILES string of the molecule is Cc1cccc(-c2cncc(N)c2)n1. The molecule has 0 unspecified atom stereocenters. The Labute approximate surface area is 82.6 Å². The van der Waals surface area contributed by atoms with Crippen molar-refractivity contribution in [3.63, 3.8) is 0 Å². The van der Waals surface area contributed by atoms with Crippen molar-refractivity contribution in [3.05, 3.63) is 42.4 Å². The molecule has 70 valence electrons. The third-order valence-electron chi connectivity index (χ3n) is 1.94. The van der Waals surface area contributed by atoms with Crippen molar-refractivity contribution >= 4 is 5.69 Å². The van der Waals surface area contributed by atoms with Crippen LogP contribution in [0.3, 0.4) is 0 Å². The molecule has 0 radical (unpaired) electrons. The first-order valence-corrected chi connectivity index (χ1v) is 4.40. The maximum absolute atomic E-state index is 5.64. The van der Waals surface area contributed by atoms with Crippen LogP contribution in [-0.2, 0) is 0 Å². The van der Waals surface area contributed by atoms with Gasteiger partial charge in [-0.25, -0.2) is 0 Å². The smallest absolute Gasteiger partial charge is 0.0721 e. The zero-order valence-corrected chi connectivity index (χ0v) is 7.94. The fourth-order valence-electron chi connectivity index (χ4n) is 1.30. The molecule has 2 rings (SSSR count). The zero-order chi connectivity index (χ0) is 9.97. The molecule has 0 saturated heterocycles. The van der Waals surface area contributed by atoms with Gasteiger partial charge in [0.25, 0.3) is 0 Å². The number of rotatable bonds is 1. The molecule has 2 aromatic heterocycles. The highest BCUT2D eigenvalue weighted by Gasteiger charge is 1.99. The van der Waals surface area contributed by atoms with Crippen molar-refractivity contribution in [2.24, 2.45) is 0 Å². The van der Waals surface area contributed by atoms with Crippen LogP contribution in [0.5, 0.6) is 0 Å². The van der Waals surface area contributed by atoms with Crippen molar-refractivity contribution in [2.45, 2.75) is 6.92 Å². The minimum Gasteiger partial charge on any atom is -0.397 e. The van der Waals surface area contributed by atoms with E-state index in [1.54, 1.807) is 12.4 Å². The topological polar surface area (TPSA) is 51.8 Å². The van der Waals surface area contributed by atoms with E-state index < -0.39 is 0 Å². The Morgan fingerprint density at radius 3 is 2.79 bits per heavy atom. The third kappa shape index (κ3) is 1.71. The number of hydrogen-bond donors (Lipinski definition) is 1. The predicted octanol–water partition coefficient (Wildman–Crippen LogP) is 2.03. The number of hydrogen-bond acceptors (Lipinski definition) is 3. The van der Waals surface area contributed by atoms with Crippen LogP contribution in [0.15, 0.2) is 36.7 Å². The summed E-state index contributed by atoms with van der Waals surface area (Å²) < 4.78 is 0. The van der Waals surface area contributed by atoms with Crippen LogP contribution in [0.4, 0.5) is 5.69 Å². The Bertz CT molecular complexity index is 408. The van der Waals surface area contributed by atoms with Gasteiger partial charge in [0.2, 0.25) is 0 Å². The quantitative estimate of drug-likeness (QED) is 0.739. The lowest BCUT2D eigenvalue weighted by Crippen LogP contribution is -1.90. The van der Waals surface area contributed by atoms with Crippen molar-refractivity contribution in [3.8, 4) is 11.3 Å². The second-order valence-electron chi connectivity index (χ2n) is 3.17. The molecular formula is C11H11N3. The van der Waals surface area contributed by atoms with E-state index in [1.807, 2.05) is 31.2 Å². The molecule has 0 atom stereocenters. The lowest BCUT2D eigenvalue weighted by Gasteiger charge is -2.01. The first-order chi connectivity index (χ1) is 6.75. The minimum atomic E-state index is 0.658. The molecule has 14 heavy (non-hydrogen) atoms. The first kappa shape index (κ1) is 8.69. The van der Waals surface area contributed by atoms with E-state index in [0.29, 0.717) is 5.69 Å². The second kappa shape index (κ2) is 3.46. The summed E-state index contributed by atoms with van der Waals surface area (Å²) in [6, 6.07) is 7.75. The van der Waals surface area contributed by atoms with Crippen molar-refractivity contribution in [2.75, 3.05) is 5.73 Å². The third-order valence-corrected chi connectivity index (χ3v) is 1.94. The molecule has 3 nitrogen and oxygen atoms in total. The van der Waals surface area contributed by atoms with Gasteiger partial charge in [0, 0.05) is 23.7 Å². The molecule has 0 aliphatic heterocycles. The van der Waals surface area contributed by atoms with Crippen LogP contribution in [0.2, 0.25) is 0 Å². The molecule has 0 fully saturated rings. The number of nitrogens with zero attached hydrogens (tertiary/aromatic N) is 2. The molecule has 0 aliphatic rings. The number of nitrogen functional groups attached to an aromatic ring is 1. The molecule has 2 aromatic rings. The Balaban J connectivity index is 2.49. The summed E-state index contributed by atoms with van der Waals surface area (Å²) >= 11 is 0. The van der Waals surface area contributed by atoms with Crippen LogP contribution in [0, 0.1) is 6.92 Å². The molecule has 0 aromatic carbocycles. The summed E-state index contributed by atoms with van der Waals surface area (Å²) in [7, 11) is 0. The summed E-state index contributed by atoms with van der Waals surface area (Å²) in [6.07, 6.45) is 3.39.